The normalized spacial score (nSPS) is 11.1. The number of rotatable bonds is 4. The van der Waals surface area contributed by atoms with E-state index in [0.717, 1.165) is 0 Å². The van der Waals surface area contributed by atoms with Crippen molar-refractivity contribution in [3.63, 3.8) is 0 Å². The van der Waals surface area contributed by atoms with Gasteiger partial charge in [0.15, 0.2) is 0 Å². The maximum absolute atomic E-state index is 11.7. The zero-order valence-electron chi connectivity index (χ0n) is 8.70. The van der Waals surface area contributed by atoms with E-state index in [1.165, 1.54) is 18.2 Å². The van der Waals surface area contributed by atoms with Crippen LogP contribution in [0, 0.1) is 18.3 Å². The Bertz CT molecular complexity index is 520. The molecule has 0 atom stereocenters. The van der Waals surface area contributed by atoms with Crippen LogP contribution >= 0.6 is 11.6 Å². The van der Waals surface area contributed by atoms with Crippen LogP contribution in [0.3, 0.4) is 0 Å². The molecular weight excluding hydrogens is 248 g/mol. The number of hydrogen-bond acceptors (Lipinski definition) is 3. The van der Waals surface area contributed by atoms with Gasteiger partial charge in [-0.05, 0) is 30.7 Å². The fraction of sp³-hybridized carbons (Fsp3) is 0.300. The Labute approximate surface area is 99.9 Å². The molecule has 16 heavy (non-hydrogen) atoms. The van der Waals surface area contributed by atoms with E-state index in [-0.39, 0.29) is 17.3 Å². The minimum Gasteiger partial charge on any atom is -0.210 e. The van der Waals surface area contributed by atoms with Crippen molar-refractivity contribution in [3.8, 4) is 6.07 Å². The van der Waals surface area contributed by atoms with E-state index in [1.54, 1.807) is 6.92 Å². The average molecular weight is 259 g/mol. The molecule has 0 bridgehead atoms. The first-order valence-corrected chi connectivity index (χ1v) is 6.59. The first-order chi connectivity index (χ1) is 7.51. The van der Waals surface area contributed by atoms with Gasteiger partial charge in [0.1, 0.15) is 0 Å². The summed E-state index contributed by atoms with van der Waals surface area (Å²) in [5.74, 6) is 0.217. The smallest absolute Gasteiger partial charge is 0.210 e. The molecule has 1 N–H and O–H groups in total. The summed E-state index contributed by atoms with van der Waals surface area (Å²) in [6.07, 6.45) is 0. The first-order valence-electron chi connectivity index (χ1n) is 4.57. The molecule has 0 radical (unpaired) electrons. The van der Waals surface area contributed by atoms with Gasteiger partial charge in [-0.3, -0.25) is 0 Å². The standard InChI is InChI=1S/C10H11ClN2O2S/c1-8-6-10(3-2-9(8)7-12)16(14,15)13-5-4-11/h2-3,6,13H,4-5H2,1H3. The molecule has 86 valence electrons. The van der Waals surface area contributed by atoms with E-state index in [9.17, 15) is 8.42 Å². The van der Waals surface area contributed by atoms with Gasteiger partial charge in [0.05, 0.1) is 16.5 Å². The number of sulfonamides is 1. The summed E-state index contributed by atoms with van der Waals surface area (Å²) in [7, 11) is -3.51. The van der Waals surface area contributed by atoms with Crippen LogP contribution in [-0.2, 0) is 10.0 Å². The number of aryl methyl sites for hydroxylation is 1. The molecule has 0 saturated carbocycles. The van der Waals surface area contributed by atoms with Gasteiger partial charge in [-0.25, -0.2) is 13.1 Å². The average Bonchev–Trinajstić information content (AvgIpc) is 2.26. The Morgan fingerprint density at radius 3 is 2.69 bits per heavy atom. The number of alkyl halides is 1. The molecule has 0 aliphatic carbocycles. The molecule has 1 aromatic rings. The van der Waals surface area contributed by atoms with Crippen LogP contribution in [0.25, 0.3) is 0 Å². The second kappa shape index (κ2) is 5.30. The number of benzene rings is 1. The molecule has 0 amide bonds. The summed E-state index contributed by atoms with van der Waals surface area (Å²) in [6, 6.07) is 6.34. The van der Waals surface area contributed by atoms with E-state index in [2.05, 4.69) is 4.72 Å². The molecule has 1 rings (SSSR count). The van der Waals surface area contributed by atoms with E-state index in [4.69, 9.17) is 16.9 Å². The highest BCUT2D eigenvalue weighted by molar-refractivity contribution is 7.89. The number of hydrogen-bond donors (Lipinski definition) is 1. The van der Waals surface area contributed by atoms with Crippen molar-refractivity contribution in [2.24, 2.45) is 0 Å². The van der Waals surface area contributed by atoms with Crippen LogP contribution in [-0.4, -0.2) is 20.8 Å². The summed E-state index contributed by atoms with van der Waals surface area (Å²) in [4.78, 5) is 0.147. The van der Waals surface area contributed by atoms with Crippen LogP contribution in [0.4, 0.5) is 0 Å². The topological polar surface area (TPSA) is 70.0 Å². The monoisotopic (exact) mass is 258 g/mol. The van der Waals surface area contributed by atoms with Crippen LogP contribution in [0.1, 0.15) is 11.1 Å². The zero-order valence-corrected chi connectivity index (χ0v) is 10.3. The third-order valence-electron chi connectivity index (χ3n) is 2.02. The van der Waals surface area contributed by atoms with Crippen LogP contribution < -0.4 is 4.72 Å². The van der Waals surface area contributed by atoms with Crippen molar-refractivity contribution in [2.75, 3.05) is 12.4 Å². The zero-order chi connectivity index (χ0) is 12.2. The van der Waals surface area contributed by atoms with Crippen molar-refractivity contribution in [1.29, 1.82) is 5.26 Å². The van der Waals surface area contributed by atoms with Crippen molar-refractivity contribution in [1.82, 2.24) is 4.72 Å². The van der Waals surface area contributed by atoms with E-state index < -0.39 is 10.0 Å². The molecule has 1 aromatic carbocycles. The summed E-state index contributed by atoms with van der Waals surface area (Å²) in [6.45, 7) is 1.88. The lowest BCUT2D eigenvalue weighted by Gasteiger charge is -2.06. The fourth-order valence-electron chi connectivity index (χ4n) is 1.19. The third-order valence-corrected chi connectivity index (χ3v) is 3.66. The van der Waals surface area contributed by atoms with E-state index >= 15 is 0 Å². The Balaban J connectivity index is 3.07. The first kappa shape index (κ1) is 13.0. The van der Waals surface area contributed by atoms with Gasteiger partial charge in [0.25, 0.3) is 0 Å². The van der Waals surface area contributed by atoms with Crippen LogP contribution in [0.15, 0.2) is 23.1 Å². The lowest BCUT2D eigenvalue weighted by atomic mass is 10.1. The predicted molar refractivity (Wildman–Crippen MR) is 61.8 cm³/mol. The third kappa shape index (κ3) is 2.95. The molecule has 0 aromatic heterocycles. The second-order valence-corrected chi connectivity index (χ2v) is 5.32. The predicted octanol–water partition coefficient (Wildman–Crippen LogP) is 1.38. The Morgan fingerprint density at radius 1 is 1.50 bits per heavy atom. The quantitative estimate of drug-likeness (QED) is 0.830. The number of nitrogens with one attached hydrogen (secondary N) is 1. The summed E-state index contributed by atoms with van der Waals surface area (Å²) in [5, 5.41) is 8.72. The van der Waals surface area contributed by atoms with Crippen molar-refractivity contribution >= 4 is 21.6 Å². The lowest BCUT2D eigenvalue weighted by molar-refractivity contribution is 0.584. The van der Waals surface area contributed by atoms with Crippen molar-refractivity contribution in [2.45, 2.75) is 11.8 Å². The summed E-state index contributed by atoms with van der Waals surface area (Å²) in [5.41, 5.74) is 1.10. The maximum atomic E-state index is 11.7. The highest BCUT2D eigenvalue weighted by atomic mass is 35.5. The summed E-state index contributed by atoms with van der Waals surface area (Å²) < 4.78 is 25.7. The molecule has 0 saturated heterocycles. The van der Waals surface area contributed by atoms with Gasteiger partial charge in [0, 0.05) is 12.4 Å². The Kier molecular flexibility index (Phi) is 4.30. The number of nitriles is 1. The van der Waals surface area contributed by atoms with Gasteiger partial charge in [0.2, 0.25) is 10.0 Å². The van der Waals surface area contributed by atoms with Gasteiger partial charge in [-0.1, -0.05) is 0 Å². The molecule has 0 heterocycles. The number of halogens is 1. The molecule has 0 fully saturated rings. The van der Waals surface area contributed by atoms with E-state index in [0.29, 0.717) is 11.1 Å². The molecule has 6 heteroatoms. The Hall–Kier alpha value is -1.09. The van der Waals surface area contributed by atoms with Crippen LogP contribution in [0.5, 0.6) is 0 Å². The minimum atomic E-state index is -3.51. The fourth-order valence-corrected chi connectivity index (χ4v) is 2.51. The second-order valence-electron chi connectivity index (χ2n) is 3.18. The number of nitrogens with zero attached hydrogens (tertiary/aromatic N) is 1. The lowest BCUT2D eigenvalue weighted by Crippen LogP contribution is -2.25. The molecule has 0 aliphatic heterocycles. The highest BCUT2D eigenvalue weighted by Crippen LogP contribution is 2.14. The van der Waals surface area contributed by atoms with Gasteiger partial charge >= 0.3 is 0 Å². The largest absolute Gasteiger partial charge is 0.240 e. The molecule has 0 unspecified atom stereocenters. The molecule has 0 aliphatic rings. The van der Waals surface area contributed by atoms with Gasteiger partial charge in [-0.2, -0.15) is 5.26 Å². The molecular formula is C10H11ClN2O2S. The molecule has 4 nitrogen and oxygen atoms in total. The van der Waals surface area contributed by atoms with Crippen LogP contribution in [0.2, 0.25) is 0 Å². The van der Waals surface area contributed by atoms with Crippen molar-refractivity contribution in [3.05, 3.63) is 29.3 Å². The Morgan fingerprint density at radius 2 is 2.19 bits per heavy atom. The van der Waals surface area contributed by atoms with Crippen molar-refractivity contribution < 1.29 is 8.42 Å². The molecule has 0 spiro atoms. The van der Waals surface area contributed by atoms with Gasteiger partial charge < -0.3 is 0 Å². The maximum Gasteiger partial charge on any atom is 0.240 e. The van der Waals surface area contributed by atoms with E-state index in [1.807, 2.05) is 6.07 Å². The van der Waals surface area contributed by atoms with Gasteiger partial charge in [-0.15, -0.1) is 11.6 Å². The minimum absolute atomic E-state index is 0.147. The highest BCUT2D eigenvalue weighted by Gasteiger charge is 2.13. The summed E-state index contributed by atoms with van der Waals surface area (Å²) >= 11 is 5.40. The SMILES string of the molecule is Cc1cc(S(=O)(=O)NCCCl)ccc1C#N.